The van der Waals surface area contributed by atoms with Gasteiger partial charge in [0.25, 0.3) is 5.91 Å². The third-order valence-corrected chi connectivity index (χ3v) is 7.76. The first-order valence-electron chi connectivity index (χ1n) is 15.3. The highest BCUT2D eigenvalue weighted by Crippen LogP contribution is 2.29. The summed E-state index contributed by atoms with van der Waals surface area (Å²) in [6.45, 7) is 7.62. The van der Waals surface area contributed by atoms with Gasteiger partial charge in [-0.15, -0.1) is 0 Å². The molecule has 1 aliphatic heterocycles. The molecule has 3 rings (SSSR count). The largest absolute Gasteiger partial charge is 0.490 e. The van der Waals surface area contributed by atoms with Crippen molar-refractivity contribution in [3.63, 3.8) is 0 Å². The van der Waals surface area contributed by atoms with E-state index in [2.05, 4.69) is 22.3 Å². The number of aliphatic hydroxyl groups excluding tert-OH is 1. The molecular formula is C33H46F3N3O5. The second-order valence-electron chi connectivity index (χ2n) is 11.9. The molecule has 2 aromatic rings. The van der Waals surface area contributed by atoms with Gasteiger partial charge in [-0.05, 0) is 63.9 Å². The van der Waals surface area contributed by atoms with Gasteiger partial charge in [-0.1, -0.05) is 37.3 Å². The number of aliphatic hydroxyl groups is 1. The van der Waals surface area contributed by atoms with Crippen molar-refractivity contribution < 1.29 is 37.3 Å². The summed E-state index contributed by atoms with van der Waals surface area (Å²) in [6.07, 6.45) is -4.44. The molecule has 11 heteroatoms. The number of carbonyl (C=O) groups is 2. The Kier molecular flexibility index (Phi) is 13.5. The third kappa shape index (κ3) is 11.4. The minimum Gasteiger partial charge on any atom is -0.490 e. The highest BCUT2D eigenvalue weighted by atomic mass is 19.4. The number of nitrogens with one attached hydrogen (secondary N) is 1. The van der Waals surface area contributed by atoms with Crippen molar-refractivity contribution in [1.29, 1.82) is 0 Å². The van der Waals surface area contributed by atoms with Crippen LogP contribution in [0.15, 0.2) is 48.5 Å². The maximum absolute atomic E-state index is 14.1. The Hall–Kier alpha value is -3.15. The van der Waals surface area contributed by atoms with E-state index in [4.69, 9.17) is 9.47 Å². The molecule has 0 saturated carbocycles. The van der Waals surface area contributed by atoms with Crippen LogP contribution in [-0.4, -0.2) is 84.5 Å². The molecule has 0 aliphatic carbocycles. The van der Waals surface area contributed by atoms with Crippen LogP contribution in [0.2, 0.25) is 0 Å². The van der Waals surface area contributed by atoms with Crippen molar-refractivity contribution in [3.05, 3.63) is 59.7 Å². The summed E-state index contributed by atoms with van der Waals surface area (Å²) in [4.78, 5) is 30.2. The molecule has 0 unspecified atom stereocenters. The Morgan fingerprint density at radius 1 is 1.16 bits per heavy atom. The number of alkyl halides is 3. The molecule has 2 aromatic carbocycles. The molecule has 8 nitrogen and oxygen atoms in total. The number of halogens is 3. The van der Waals surface area contributed by atoms with Gasteiger partial charge in [-0.2, -0.15) is 13.2 Å². The molecular weight excluding hydrogens is 575 g/mol. The number of amides is 2. The molecule has 0 aromatic heterocycles. The van der Waals surface area contributed by atoms with Crippen LogP contribution in [0, 0.1) is 5.92 Å². The molecule has 2 amide bonds. The molecule has 0 saturated heterocycles. The minimum atomic E-state index is -4.45. The van der Waals surface area contributed by atoms with Crippen LogP contribution in [0.5, 0.6) is 5.75 Å². The van der Waals surface area contributed by atoms with Crippen molar-refractivity contribution in [3.8, 4) is 5.75 Å². The number of anilines is 1. The molecule has 244 valence electrons. The molecule has 4 atom stereocenters. The summed E-state index contributed by atoms with van der Waals surface area (Å²) >= 11 is 0. The Morgan fingerprint density at radius 3 is 2.57 bits per heavy atom. The van der Waals surface area contributed by atoms with Crippen LogP contribution in [0.25, 0.3) is 0 Å². The third-order valence-electron chi connectivity index (χ3n) is 7.76. The lowest BCUT2D eigenvalue weighted by molar-refractivity contribution is -0.142. The van der Waals surface area contributed by atoms with Gasteiger partial charge in [-0.25, -0.2) is 0 Å². The van der Waals surface area contributed by atoms with E-state index in [1.54, 1.807) is 17.9 Å². The maximum atomic E-state index is 14.1. The first-order chi connectivity index (χ1) is 20.9. The number of benzene rings is 2. The summed E-state index contributed by atoms with van der Waals surface area (Å²) < 4.78 is 50.5. The van der Waals surface area contributed by atoms with Crippen LogP contribution in [0.1, 0.15) is 68.8 Å². The van der Waals surface area contributed by atoms with E-state index < -0.39 is 36.9 Å². The topological polar surface area (TPSA) is 91.3 Å². The van der Waals surface area contributed by atoms with Crippen LogP contribution in [0.3, 0.4) is 0 Å². The van der Waals surface area contributed by atoms with Crippen LogP contribution in [0.4, 0.5) is 18.9 Å². The highest BCUT2D eigenvalue weighted by Gasteiger charge is 2.31. The summed E-state index contributed by atoms with van der Waals surface area (Å²) in [6, 6.07) is 14.1. The lowest BCUT2D eigenvalue weighted by Crippen LogP contribution is -2.47. The monoisotopic (exact) mass is 621 g/mol. The zero-order chi connectivity index (χ0) is 32.3. The normalized spacial score (nSPS) is 21.2. The predicted molar refractivity (Wildman–Crippen MR) is 164 cm³/mol. The zero-order valence-electron chi connectivity index (χ0n) is 26.1. The Morgan fingerprint density at radius 2 is 1.89 bits per heavy atom. The number of hydrogen-bond acceptors (Lipinski definition) is 6. The van der Waals surface area contributed by atoms with Crippen molar-refractivity contribution in [2.45, 2.75) is 83.8 Å². The van der Waals surface area contributed by atoms with Gasteiger partial charge in [0.15, 0.2) is 0 Å². The van der Waals surface area contributed by atoms with E-state index in [0.29, 0.717) is 18.9 Å². The number of carbonyl (C=O) groups excluding carboxylic acids is 2. The van der Waals surface area contributed by atoms with Crippen molar-refractivity contribution >= 4 is 17.5 Å². The van der Waals surface area contributed by atoms with Crippen LogP contribution in [-0.2, 0) is 16.1 Å². The number of likely N-dealkylation sites (N-methyl/N-ethyl adjacent to an activating group) is 1. The Bertz CT molecular complexity index is 1200. The van der Waals surface area contributed by atoms with Gasteiger partial charge in [0, 0.05) is 44.3 Å². The molecule has 0 fully saturated rings. The average Bonchev–Trinajstić information content (AvgIpc) is 2.97. The van der Waals surface area contributed by atoms with E-state index in [1.165, 1.54) is 17.7 Å². The molecule has 2 N–H and O–H groups in total. The van der Waals surface area contributed by atoms with E-state index >= 15 is 0 Å². The molecule has 44 heavy (non-hydrogen) atoms. The Balaban J connectivity index is 1.89. The van der Waals surface area contributed by atoms with Crippen molar-refractivity contribution in [2.75, 3.05) is 38.7 Å². The van der Waals surface area contributed by atoms with Gasteiger partial charge >= 0.3 is 6.18 Å². The maximum Gasteiger partial charge on any atom is 0.389 e. The molecule has 1 aliphatic rings. The average molecular weight is 622 g/mol. The number of fused-ring (bicyclic) bond motifs is 1. The molecule has 1 heterocycles. The van der Waals surface area contributed by atoms with Gasteiger partial charge in [0.2, 0.25) is 5.91 Å². The predicted octanol–water partition coefficient (Wildman–Crippen LogP) is 5.90. The van der Waals surface area contributed by atoms with Crippen LogP contribution >= 0.6 is 0 Å². The van der Waals surface area contributed by atoms with Crippen LogP contribution < -0.4 is 10.1 Å². The summed E-state index contributed by atoms with van der Waals surface area (Å²) in [5.41, 5.74) is 1.53. The van der Waals surface area contributed by atoms with Gasteiger partial charge in [0.05, 0.1) is 36.8 Å². The molecule has 0 bridgehead atoms. The first-order valence-corrected chi connectivity index (χ1v) is 15.3. The zero-order valence-corrected chi connectivity index (χ0v) is 26.1. The quantitative estimate of drug-likeness (QED) is 0.363. The van der Waals surface area contributed by atoms with E-state index in [-0.39, 0.29) is 42.5 Å². The highest BCUT2D eigenvalue weighted by molar-refractivity contribution is 5.99. The van der Waals surface area contributed by atoms with Crippen molar-refractivity contribution in [2.24, 2.45) is 5.92 Å². The lowest BCUT2D eigenvalue weighted by Gasteiger charge is -2.36. The second kappa shape index (κ2) is 16.8. The van der Waals surface area contributed by atoms with E-state index in [1.807, 2.05) is 39.1 Å². The molecule has 0 spiro atoms. The fraction of sp³-hybridized carbons (Fsp3) is 0.576. The SMILES string of the molecule is C[C@@H]1CCCCO[C@H](CN(C)Cc2ccccc2)[C@@H](C)CN([C@H](C)CO)C(=O)c2cc(NC(=O)CCC(F)(F)F)ccc2O1. The second-order valence-corrected chi connectivity index (χ2v) is 11.9. The smallest absolute Gasteiger partial charge is 0.389 e. The van der Waals surface area contributed by atoms with E-state index in [9.17, 15) is 27.9 Å². The summed E-state index contributed by atoms with van der Waals surface area (Å²) in [5.74, 6) is -1.02. The fourth-order valence-corrected chi connectivity index (χ4v) is 5.21. The standard InChI is InChI=1S/C33H46F3N3O5/c1-23-19-39(24(2)22-40)32(42)28-18-27(37-31(41)15-16-33(34,35)36)13-14-29(28)44-25(3)10-8-9-17-43-30(23)21-38(4)20-26-11-6-5-7-12-26/h5-7,11-14,18,23-25,30,40H,8-10,15-17,19-22H2,1-4H3,(H,37,41)/t23-,24+,25+,30+/m0/s1. The van der Waals surface area contributed by atoms with Gasteiger partial charge < -0.3 is 24.8 Å². The number of nitrogens with zero attached hydrogens (tertiary/aromatic N) is 2. The minimum absolute atomic E-state index is 0.109. The summed E-state index contributed by atoms with van der Waals surface area (Å²) in [5, 5.41) is 12.6. The first kappa shape index (κ1) is 35.3. The molecule has 0 radical (unpaired) electrons. The van der Waals surface area contributed by atoms with E-state index in [0.717, 1.165) is 25.8 Å². The lowest BCUT2D eigenvalue weighted by atomic mass is 10.0. The summed E-state index contributed by atoms with van der Waals surface area (Å²) in [7, 11) is 2.04. The number of rotatable bonds is 9. The van der Waals surface area contributed by atoms with Gasteiger partial charge in [0.1, 0.15) is 5.75 Å². The fourth-order valence-electron chi connectivity index (χ4n) is 5.21. The van der Waals surface area contributed by atoms with Gasteiger partial charge in [-0.3, -0.25) is 14.5 Å². The van der Waals surface area contributed by atoms with Crippen molar-refractivity contribution in [1.82, 2.24) is 9.80 Å². The Labute approximate surface area is 258 Å². The number of ether oxygens (including phenoxy) is 2. The number of hydrogen-bond donors (Lipinski definition) is 2.